The zero-order chi connectivity index (χ0) is 16.6. The number of sulfonamides is 1. The fourth-order valence-corrected chi connectivity index (χ4v) is 2.87. The first-order valence-corrected chi connectivity index (χ1v) is 7.63. The van der Waals surface area contributed by atoms with Crippen LogP contribution >= 0.6 is 0 Å². The van der Waals surface area contributed by atoms with Crippen LogP contribution in [0.25, 0.3) is 10.4 Å². The van der Waals surface area contributed by atoms with Crippen molar-refractivity contribution in [1.29, 1.82) is 0 Å². The maximum Gasteiger partial charge on any atom is 0.289 e. The van der Waals surface area contributed by atoms with Crippen LogP contribution in [-0.2, 0) is 14.8 Å². The molecule has 0 heterocycles. The number of hydrogen-bond donors (Lipinski definition) is 0. The minimum Gasteiger partial charge on any atom is -0.380 e. The summed E-state index contributed by atoms with van der Waals surface area (Å²) >= 11 is 0. The second-order valence-electron chi connectivity index (χ2n) is 4.12. The highest BCUT2D eigenvalue weighted by molar-refractivity contribution is 7.89. The molecule has 120 valence electrons. The molecular formula is C11H15N5O5S. The van der Waals surface area contributed by atoms with E-state index < -0.39 is 20.6 Å². The maximum absolute atomic E-state index is 12.3. The van der Waals surface area contributed by atoms with Gasteiger partial charge in [-0.15, -0.1) is 0 Å². The molecule has 0 fully saturated rings. The Bertz CT molecular complexity index is 671. The fourth-order valence-electron chi connectivity index (χ4n) is 1.56. The Kier molecular flexibility index (Phi) is 6.73. The van der Waals surface area contributed by atoms with Gasteiger partial charge >= 0.3 is 0 Å². The van der Waals surface area contributed by atoms with Crippen LogP contribution in [0.5, 0.6) is 0 Å². The van der Waals surface area contributed by atoms with Crippen LogP contribution in [0, 0.1) is 10.1 Å². The van der Waals surface area contributed by atoms with Gasteiger partial charge in [-0.1, -0.05) is 17.2 Å². The number of ether oxygens (including phenoxy) is 1. The number of azide groups is 1. The van der Waals surface area contributed by atoms with Crippen LogP contribution < -0.4 is 0 Å². The Balaban J connectivity index is 2.73. The van der Waals surface area contributed by atoms with E-state index in [2.05, 4.69) is 10.0 Å². The third kappa shape index (κ3) is 4.67. The predicted octanol–water partition coefficient (Wildman–Crippen LogP) is 1.54. The second-order valence-corrected chi connectivity index (χ2v) is 6.13. The van der Waals surface area contributed by atoms with E-state index in [-0.39, 0.29) is 31.2 Å². The average molecular weight is 329 g/mol. The Labute approximate surface area is 127 Å². The normalized spacial score (nSPS) is 11.2. The maximum atomic E-state index is 12.3. The molecule has 1 aromatic rings. The number of likely N-dealkylation sites (N-methyl/N-ethyl adjacent to an activating group) is 1. The van der Waals surface area contributed by atoms with Crippen LogP contribution in [0.2, 0.25) is 0 Å². The van der Waals surface area contributed by atoms with E-state index in [0.29, 0.717) is 0 Å². The molecule has 0 aliphatic carbocycles. The van der Waals surface area contributed by atoms with Crippen molar-refractivity contribution in [3.63, 3.8) is 0 Å². The van der Waals surface area contributed by atoms with Crippen LogP contribution in [0.1, 0.15) is 0 Å². The third-order valence-corrected chi connectivity index (χ3v) is 4.60. The molecule has 0 N–H and O–H groups in total. The van der Waals surface area contributed by atoms with E-state index in [4.69, 9.17) is 10.3 Å². The van der Waals surface area contributed by atoms with Crippen molar-refractivity contribution in [2.45, 2.75) is 4.90 Å². The van der Waals surface area contributed by atoms with E-state index in [1.165, 1.54) is 25.2 Å². The molecule has 10 nitrogen and oxygen atoms in total. The van der Waals surface area contributed by atoms with Crippen molar-refractivity contribution in [3.8, 4) is 0 Å². The van der Waals surface area contributed by atoms with Gasteiger partial charge in [0.25, 0.3) is 5.69 Å². The molecule has 0 aromatic heterocycles. The van der Waals surface area contributed by atoms with Crippen LogP contribution in [0.15, 0.2) is 34.3 Å². The highest BCUT2D eigenvalue weighted by Gasteiger charge is 2.28. The average Bonchev–Trinajstić information content (AvgIpc) is 2.50. The lowest BCUT2D eigenvalue weighted by Crippen LogP contribution is -2.31. The zero-order valence-corrected chi connectivity index (χ0v) is 12.6. The second kappa shape index (κ2) is 8.29. The van der Waals surface area contributed by atoms with Gasteiger partial charge in [0.05, 0.1) is 18.1 Å². The summed E-state index contributed by atoms with van der Waals surface area (Å²) in [4.78, 5) is 12.4. The topological polar surface area (TPSA) is 139 Å². The monoisotopic (exact) mass is 329 g/mol. The van der Waals surface area contributed by atoms with Gasteiger partial charge in [-0.3, -0.25) is 10.1 Å². The third-order valence-electron chi connectivity index (χ3n) is 2.70. The summed E-state index contributed by atoms with van der Waals surface area (Å²) in [7, 11) is -2.67. The van der Waals surface area contributed by atoms with Gasteiger partial charge in [0.1, 0.15) is 0 Å². The lowest BCUT2D eigenvalue weighted by molar-refractivity contribution is -0.387. The first-order chi connectivity index (χ1) is 10.4. The molecule has 0 aliphatic rings. The van der Waals surface area contributed by atoms with E-state index in [1.54, 1.807) is 0 Å². The summed E-state index contributed by atoms with van der Waals surface area (Å²) in [6, 6.07) is 5.14. The van der Waals surface area contributed by atoms with Crippen molar-refractivity contribution in [2.24, 2.45) is 5.11 Å². The molecular weight excluding hydrogens is 314 g/mol. The SMILES string of the molecule is CN(CCOCCN=[N+]=[N-])S(=O)(=O)c1ccccc1[N+](=O)[O-]. The molecule has 11 heteroatoms. The van der Waals surface area contributed by atoms with Crippen molar-refractivity contribution >= 4 is 15.7 Å². The van der Waals surface area contributed by atoms with Crippen LogP contribution in [0.3, 0.4) is 0 Å². The van der Waals surface area contributed by atoms with Crippen molar-refractivity contribution in [2.75, 3.05) is 33.4 Å². The summed E-state index contributed by atoms with van der Waals surface area (Å²) in [6.07, 6.45) is 0. The molecule has 0 amide bonds. The Hall–Kier alpha value is -2.20. The van der Waals surface area contributed by atoms with Gasteiger partial charge in [-0.25, -0.2) is 8.42 Å². The summed E-state index contributed by atoms with van der Waals surface area (Å²) in [5, 5.41) is 14.2. The quantitative estimate of drug-likeness (QED) is 0.169. The van der Waals surface area contributed by atoms with Crippen molar-refractivity contribution < 1.29 is 18.1 Å². The van der Waals surface area contributed by atoms with Gasteiger partial charge in [0, 0.05) is 31.1 Å². The minimum absolute atomic E-state index is 0.0185. The molecule has 22 heavy (non-hydrogen) atoms. The number of nitro benzene ring substituents is 1. The molecule has 0 atom stereocenters. The molecule has 0 bridgehead atoms. The van der Waals surface area contributed by atoms with Crippen LogP contribution in [0.4, 0.5) is 5.69 Å². The summed E-state index contributed by atoms with van der Waals surface area (Å²) in [5.74, 6) is 0. The number of nitrogens with zero attached hydrogens (tertiary/aromatic N) is 5. The lowest BCUT2D eigenvalue weighted by Gasteiger charge is -2.17. The highest BCUT2D eigenvalue weighted by atomic mass is 32.2. The first kappa shape index (κ1) is 17.9. The molecule has 0 radical (unpaired) electrons. The molecule has 1 aromatic carbocycles. The summed E-state index contributed by atoms with van der Waals surface area (Å²) in [6.45, 7) is 0.419. The molecule has 0 unspecified atom stereocenters. The number of rotatable bonds is 9. The van der Waals surface area contributed by atoms with Gasteiger partial charge in [-0.2, -0.15) is 4.31 Å². The highest BCUT2D eigenvalue weighted by Crippen LogP contribution is 2.25. The minimum atomic E-state index is -3.98. The first-order valence-electron chi connectivity index (χ1n) is 6.19. The van der Waals surface area contributed by atoms with Crippen molar-refractivity contribution in [3.05, 3.63) is 44.8 Å². The molecule has 0 saturated heterocycles. The Morgan fingerprint density at radius 1 is 1.41 bits per heavy atom. The predicted molar refractivity (Wildman–Crippen MR) is 77.7 cm³/mol. The molecule has 0 spiro atoms. The van der Waals surface area contributed by atoms with Gasteiger partial charge in [0.15, 0.2) is 4.90 Å². The van der Waals surface area contributed by atoms with Crippen molar-refractivity contribution in [1.82, 2.24) is 4.31 Å². The largest absolute Gasteiger partial charge is 0.380 e. The Morgan fingerprint density at radius 3 is 2.73 bits per heavy atom. The number of nitro groups is 1. The summed E-state index contributed by atoms with van der Waals surface area (Å²) in [5.41, 5.74) is 7.60. The fraction of sp³-hybridized carbons (Fsp3) is 0.455. The van der Waals surface area contributed by atoms with E-state index in [0.717, 1.165) is 10.4 Å². The van der Waals surface area contributed by atoms with Crippen LogP contribution in [-0.4, -0.2) is 51.0 Å². The van der Waals surface area contributed by atoms with E-state index in [9.17, 15) is 18.5 Å². The van der Waals surface area contributed by atoms with E-state index in [1.807, 2.05) is 0 Å². The molecule has 1 rings (SSSR count). The van der Waals surface area contributed by atoms with Gasteiger partial charge < -0.3 is 4.74 Å². The Morgan fingerprint density at radius 2 is 2.09 bits per heavy atom. The molecule has 0 aliphatic heterocycles. The number of benzene rings is 1. The standard InChI is InChI=1S/C11H15N5O5S/c1-15(7-9-21-8-6-13-14-12)22(19,20)11-5-3-2-4-10(11)16(17)18/h2-5H,6-9H2,1H3. The van der Waals surface area contributed by atoms with Gasteiger partial charge in [-0.05, 0) is 11.6 Å². The number of para-hydroxylation sites is 1. The van der Waals surface area contributed by atoms with Gasteiger partial charge in [0.2, 0.25) is 10.0 Å². The van der Waals surface area contributed by atoms with E-state index >= 15 is 0 Å². The smallest absolute Gasteiger partial charge is 0.289 e. The molecule has 0 saturated carbocycles. The summed E-state index contributed by atoms with van der Waals surface area (Å²) < 4.78 is 30.7. The lowest BCUT2D eigenvalue weighted by atomic mass is 10.3. The number of hydrogen-bond acceptors (Lipinski definition) is 6. The zero-order valence-electron chi connectivity index (χ0n) is 11.8.